The Balaban J connectivity index is 0. The molecule has 5 N–H and O–H groups in total. The van der Waals surface area contributed by atoms with Gasteiger partial charge in [0.25, 0.3) is 16.7 Å². The number of aliphatic hydroxyl groups is 1. The van der Waals surface area contributed by atoms with Crippen LogP contribution < -0.4 is 21.3 Å². The van der Waals surface area contributed by atoms with Crippen molar-refractivity contribution >= 4 is 86.9 Å². The molecule has 0 spiro atoms. The van der Waals surface area contributed by atoms with Crippen LogP contribution in [-0.4, -0.2) is 117 Å². The molecule has 4 radical (unpaired) electrons. The number of hydrogen-bond acceptors (Lipinski definition) is 8. The molecule has 0 bridgehead atoms. The Hall–Kier alpha value is -0.681. The van der Waals surface area contributed by atoms with Gasteiger partial charge in [-0.25, -0.2) is 0 Å². The van der Waals surface area contributed by atoms with E-state index in [1.54, 1.807) is 0 Å². The first-order valence-electron chi connectivity index (χ1n) is 32.1. The second kappa shape index (κ2) is 58.0. The molecule has 0 aromatic heterocycles. The van der Waals surface area contributed by atoms with E-state index in [1.807, 2.05) is 6.66 Å². The van der Waals surface area contributed by atoms with Gasteiger partial charge in [0.15, 0.2) is 0 Å². The summed E-state index contributed by atoms with van der Waals surface area (Å²) in [5.74, 6) is -0.737. The maximum Gasteiger partial charge on any atom is 0.292 e. The lowest BCUT2D eigenvalue weighted by Gasteiger charge is -2.22. The topological polar surface area (TPSA) is 180 Å². The van der Waals surface area contributed by atoms with Crippen LogP contribution >= 0.6 is 23.9 Å². The average Bonchev–Trinajstić information content (AvgIpc) is 3.41. The number of hydrogen-bond donors (Lipinski definition) is 5. The van der Waals surface area contributed by atoms with Crippen molar-refractivity contribution in [2.75, 3.05) is 19.8 Å². The monoisotopic (exact) mass is 1140 g/mol. The van der Waals surface area contributed by atoms with Crippen LogP contribution in [0.15, 0.2) is 0 Å². The molecule has 0 rings (SSSR count). The lowest BCUT2D eigenvalue weighted by atomic mass is 10.1. The Bertz CT molecular complexity index is 1530. The van der Waals surface area contributed by atoms with Crippen LogP contribution in [0.3, 0.4) is 0 Å². The number of carbonyl (C=O) groups excluding carboxylic acids is 4. The molecule has 0 saturated heterocycles. The molecule has 0 aromatic rings. The van der Waals surface area contributed by atoms with Gasteiger partial charge in [-0.15, -0.1) is 15.9 Å². The normalized spacial score (nSPS) is 14.6. The number of rotatable bonds is 56. The minimum atomic E-state index is -2.38. The van der Waals surface area contributed by atoms with Crippen molar-refractivity contribution in [1.29, 1.82) is 5.23 Å². The predicted octanol–water partition coefficient (Wildman–Crippen LogP) is 12.8. The standard InChI is InChI=1S/C28H57B2N2O4P2Si.C27H55BN2O4PSi/c1-4-6-8-10-11-12-13-14-15-17-19-21-27(33)32-25(24-39(35)37-29)23-31-28(34)22-26(36-38(3)30)20-18-16-9-7-5-2;1-3-5-7-9-10-11-12-13-14-16-18-20-26(32)30-24(23-36(34)35-28)22-29-27(33)21-25(31)19-17-15-8-6-4-2/h25-26,29,37H,4-24H2,1-3H3,(H,31,34)(H,32,33);24-25,28,31,35H,3-23H2,1-2H3,(H,29,33)(H,30,32)/t25-,26-,37?,38?;24-,25-,35?/m11/s1/i29T,37D;28T,35D. The van der Waals surface area contributed by atoms with Gasteiger partial charge in [-0.05, 0) is 43.0 Å². The summed E-state index contributed by atoms with van der Waals surface area (Å²) in [6.45, 7) is 10.9. The van der Waals surface area contributed by atoms with Crippen LogP contribution in [0.4, 0.5) is 0 Å². The largest absolute Gasteiger partial charge is 0.393 e. The zero-order chi connectivity index (χ0) is 59.2. The highest BCUT2D eigenvalue weighted by Gasteiger charge is 2.22. The molecule has 7 atom stereocenters. The first-order valence-corrected chi connectivity index (χ1v) is 38.7. The van der Waals surface area contributed by atoms with Gasteiger partial charge < -0.3 is 39.8 Å². The van der Waals surface area contributed by atoms with E-state index in [0.29, 0.717) is 19.3 Å². The molecular formula is C55H112B3N4O8P3Si2. The zero-order valence-electron chi connectivity index (χ0n) is 52.4. The van der Waals surface area contributed by atoms with Crippen LogP contribution in [0, 0.1) is 0 Å². The van der Waals surface area contributed by atoms with E-state index in [0.717, 1.165) is 98.5 Å². The lowest BCUT2D eigenvalue weighted by Crippen LogP contribution is -2.44. The smallest absolute Gasteiger partial charge is 0.292 e. The maximum atomic E-state index is 12.7. The summed E-state index contributed by atoms with van der Waals surface area (Å²) in [5, 5.41) is 21.6. The van der Waals surface area contributed by atoms with Crippen LogP contribution in [0.5, 0.6) is 0 Å². The fourth-order valence-electron chi connectivity index (χ4n) is 8.90. The van der Waals surface area contributed by atoms with E-state index in [2.05, 4.69) is 49.0 Å². The summed E-state index contributed by atoms with van der Waals surface area (Å²) in [5.41, 5.74) is 0. The Morgan fingerprint density at radius 2 is 0.867 bits per heavy atom. The van der Waals surface area contributed by atoms with Crippen molar-refractivity contribution in [2.45, 2.75) is 308 Å². The van der Waals surface area contributed by atoms with E-state index in [1.165, 1.54) is 128 Å². The number of unbranched alkanes of at least 4 members (excludes halogenated alkanes) is 28. The summed E-state index contributed by atoms with van der Waals surface area (Å²) >= 11 is 0. The summed E-state index contributed by atoms with van der Waals surface area (Å²) in [6.07, 6.45) is 39.1. The van der Waals surface area contributed by atoms with E-state index in [-0.39, 0.29) is 67.8 Å². The van der Waals surface area contributed by atoms with Gasteiger partial charge >= 0.3 is 0 Å². The highest BCUT2D eigenvalue weighted by atomic mass is 31.3. The summed E-state index contributed by atoms with van der Waals surface area (Å²) in [4.78, 5) is 50.2. The quantitative estimate of drug-likeness (QED) is 0.0227. The van der Waals surface area contributed by atoms with Gasteiger partial charge in [-0.2, -0.15) is 0 Å². The van der Waals surface area contributed by atoms with Gasteiger partial charge in [0.1, 0.15) is 22.6 Å². The Labute approximate surface area is 476 Å². The van der Waals surface area contributed by atoms with Crippen LogP contribution in [0.25, 0.3) is 0 Å². The highest BCUT2D eigenvalue weighted by Crippen LogP contribution is 2.30. The first kappa shape index (κ1) is 68.6. The molecular weight excluding hydrogens is 1030 g/mol. The van der Waals surface area contributed by atoms with Crippen molar-refractivity contribution in [2.24, 2.45) is 0 Å². The number of aliphatic hydroxyl groups excluding tert-OH is 1. The van der Waals surface area contributed by atoms with Crippen molar-refractivity contribution in [1.82, 2.24) is 21.3 Å². The minimum absolute atomic E-state index is 0.00796. The zero-order valence-corrected chi connectivity index (χ0v) is 53.1. The van der Waals surface area contributed by atoms with Crippen LogP contribution in [0.2, 0.25) is 12.1 Å². The molecule has 75 heavy (non-hydrogen) atoms. The van der Waals surface area contributed by atoms with Crippen molar-refractivity contribution in [3.8, 4) is 0 Å². The molecule has 12 nitrogen and oxygen atoms in total. The van der Waals surface area contributed by atoms with Crippen LogP contribution in [-0.2, 0) is 32.6 Å². The lowest BCUT2D eigenvalue weighted by molar-refractivity contribution is -0.124. The van der Waals surface area contributed by atoms with E-state index in [9.17, 15) is 33.2 Å². The fourth-order valence-corrected chi connectivity index (χ4v) is 13.1. The third-order valence-electron chi connectivity index (χ3n) is 13.4. The van der Waals surface area contributed by atoms with E-state index in [4.69, 9.17) is 17.3 Å². The van der Waals surface area contributed by atoms with Gasteiger partial charge in [0.2, 0.25) is 23.6 Å². The summed E-state index contributed by atoms with van der Waals surface area (Å²) < 4.78 is 61.0. The van der Waals surface area contributed by atoms with E-state index < -0.39 is 58.8 Å². The van der Waals surface area contributed by atoms with Crippen molar-refractivity contribution in [3.63, 3.8) is 0 Å². The third kappa shape index (κ3) is 56.4. The maximum absolute atomic E-state index is 12.7. The molecule has 3 unspecified atom stereocenters. The van der Waals surface area contributed by atoms with Crippen molar-refractivity contribution in [3.05, 3.63) is 0 Å². The first-order chi connectivity index (χ1) is 38.1. The predicted molar refractivity (Wildman–Crippen MR) is 331 cm³/mol. The summed E-state index contributed by atoms with van der Waals surface area (Å²) in [7, 11) is -1.58. The second-order valence-electron chi connectivity index (χ2n) is 20.9. The summed E-state index contributed by atoms with van der Waals surface area (Å²) in [6, 6.07) is -0.849. The molecule has 0 aromatic carbocycles. The molecule has 0 fully saturated rings. The van der Waals surface area contributed by atoms with Crippen LogP contribution in [0.1, 0.15) is 272 Å². The number of nitrogens with one attached hydrogen (secondary N) is 4. The molecule has 4 amide bonds. The molecule has 0 aliphatic carbocycles. The second-order valence-corrected chi connectivity index (χ2v) is 29.7. The molecule has 0 aliphatic rings. The third-order valence-corrected chi connectivity index (χ3v) is 19.1. The molecule has 0 aliphatic heterocycles. The van der Waals surface area contributed by atoms with Crippen molar-refractivity contribution < 1.29 is 37.7 Å². The number of amides is 4. The molecule has 432 valence electrons. The fraction of sp³-hybridized carbons (Fsp3) is 0.927. The number of carbonyl (C=O) groups is 4. The SMILES string of the molecule is [2H]P([B][3H])[Si](=O)C[C@@H](CNC(=O)C[C@@H](CCCCCCC)OP([B])C)NC(=O)CCCCCCCCCCCCC.[2H]P([B][3H])[Si](=O)C[C@@H](CNC(=O)C[C@H](O)CCCCCCC)NC(=O)CCCCCCCCCCCCC. The van der Waals surface area contributed by atoms with Gasteiger partial charge in [0, 0.05) is 50.1 Å². The van der Waals surface area contributed by atoms with Gasteiger partial charge in [-0.3, -0.25) is 19.2 Å². The molecule has 20 heteroatoms. The van der Waals surface area contributed by atoms with Gasteiger partial charge in [-0.1, -0.05) is 220 Å². The molecule has 0 saturated carbocycles. The Kier molecular flexibility index (Phi) is 53.0. The van der Waals surface area contributed by atoms with Gasteiger partial charge in [0.05, 0.1) is 27.6 Å². The molecule has 0 heterocycles. The highest BCUT2D eigenvalue weighted by molar-refractivity contribution is 7.92. The Morgan fingerprint density at radius 3 is 1.21 bits per heavy atom. The average molecular weight is 1150 g/mol. The van der Waals surface area contributed by atoms with E-state index >= 15 is 0 Å². The minimum Gasteiger partial charge on any atom is -0.393 e. The Morgan fingerprint density at radius 1 is 0.547 bits per heavy atom.